The van der Waals surface area contributed by atoms with Crippen LogP contribution in [0.5, 0.6) is 0 Å². The van der Waals surface area contributed by atoms with Gasteiger partial charge in [-0.2, -0.15) is 0 Å². The molecule has 0 saturated carbocycles. The van der Waals surface area contributed by atoms with Gasteiger partial charge in [-0.05, 0) is 40.4 Å². The van der Waals surface area contributed by atoms with Gasteiger partial charge in [-0.25, -0.2) is 0 Å². The van der Waals surface area contributed by atoms with Crippen LogP contribution in [0, 0.1) is 0 Å². The predicted molar refractivity (Wildman–Crippen MR) is 69.9 cm³/mol. The number of nitrogens with two attached hydrogens (primary N) is 1. The van der Waals surface area contributed by atoms with Crippen molar-refractivity contribution in [2.75, 3.05) is 40.3 Å². The Labute approximate surface area is 105 Å². The zero-order valence-electron chi connectivity index (χ0n) is 11.4. The van der Waals surface area contributed by atoms with E-state index in [1.54, 1.807) is 0 Å². The molecular weight excluding hydrogens is 218 g/mol. The van der Waals surface area contributed by atoms with Crippen LogP contribution in [-0.4, -0.2) is 57.2 Å². The molecule has 1 amide bonds. The highest BCUT2D eigenvalue weighted by Crippen LogP contribution is 1.99. The summed E-state index contributed by atoms with van der Waals surface area (Å²) in [6.45, 7) is 4.76. The zero-order chi connectivity index (χ0) is 13.1. The van der Waals surface area contributed by atoms with E-state index in [9.17, 15) is 4.79 Å². The van der Waals surface area contributed by atoms with E-state index in [2.05, 4.69) is 10.2 Å². The number of ether oxygens (including phenoxy) is 1. The lowest BCUT2D eigenvalue weighted by atomic mass is 10.2. The summed E-state index contributed by atoms with van der Waals surface area (Å²) >= 11 is 0. The third kappa shape index (κ3) is 10.2. The van der Waals surface area contributed by atoms with Crippen LogP contribution in [0.15, 0.2) is 0 Å². The third-order valence-electron chi connectivity index (χ3n) is 2.44. The van der Waals surface area contributed by atoms with Crippen LogP contribution in [0.3, 0.4) is 0 Å². The second-order valence-corrected chi connectivity index (χ2v) is 4.37. The van der Waals surface area contributed by atoms with E-state index in [0.717, 1.165) is 19.4 Å². The first-order valence-electron chi connectivity index (χ1n) is 6.33. The second kappa shape index (κ2) is 10.5. The van der Waals surface area contributed by atoms with Crippen molar-refractivity contribution in [1.82, 2.24) is 10.2 Å². The Hall–Kier alpha value is -0.650. The van der Waals surface area contributed by atoms with Crippen molar-refractivity contribution in [2.45, 2.75) is 32.3 Å². The van der Waals surface area contributed by atoms with Crippen LogP contribution in [0.2, 0.25) is 0 Å². The van der Waals surface area contributed by atoms with Crippen molar-refractivity contribution in [3.63, 3.8) is 0 Å². The fourth-order valence-electron chi connectivity index (χ4n) is 1.46. The summed E-state index contributed by atoms with van der Waals surface area (Å²) in [6, 6.07) is 0. The molecule has 0 spiro atoms. The third-order valence-corrected chi connectivity index (χ3v) is 2.44. The van der Waals surface area contributed by atoms with Gasteiger partial charge in [0.15, 0.2) is 0 Å². The van der Waals surface area contributed by atoms with Crippen LogP contribution < -0.4 is 11.1 Å². The molecule has 102 valence electrons. The quantitative estimate of drug-likeness (QED) is 0.577. The summed E-state index contributed by atoms with van der Waals surface area (Å²) in [5, 5.41) is 2.89. The number of amides is 1. The van der Waals surface area contributed by atoms with Crippen molar-refractivity contribution in [3.8, 4) is 0 Å². The highest BCUT2D eigenvalue weighted by atomic mass is 16.5. The molecule has 0 aliphatic heterocycles. The number of hydrogen-bond acceptors (Lipinski definition) is 4. The van der Waals surface area contributed by atoms with Crippen LogP contribution in [0.1, 0.15) is 26.2 Å². The molecule has 0 radical (unpaired) electrons. The number of hydrogen-bond donors (Lipinski definition) is 2. The summed E-state index contributed by atoms with van der Waals surface area (Å²) in [5.41, 5.74) is 5.35. The second-order valence-electron chi connectivity index (χ2n) is 4.37. The minimum atomic E-state index is 0.0602. The van der Waals surface area contributed by atoms with Gasteiger partial charge in [-0.1, -0.05) is 0 Å². The van der Waals surface area contributed by atoms with E-state index < -0.39 is 0 Å². The van der Waals surface area contributed by atoms with E-state index in [1.807, 2.05) is 21.0 Å². The molecule has 0 heterocycles. The fourth-order valence-corrected chi connectivity index (χ4v) is 1.46. The van der Waals surface area contributed by atoms with Gasteiger partial charge in [0, 0.05) is 26.1 Å². The summed E-state index contributed by atoms with van der Waals surface area (Å²) < 4.78 is 5.58. The molecule has 0 aliphatic rings. The van der Waals surface area contributed by atoms with Gasteiger partial charge >= 0.3 is 0 Å². The molecule has 0 aromatic heterocycles. The summed E-state index contributed by atoms with van der Waals surface area (Å²) in [7, 11) is 4.06. The highest BCUT2D eigenvalue weighted by Gasteiger charge is 2.10. The molecule has 0 rings (SSSR count). The van der Waals surface area contributed by atoms with Crippen LogP contribution >= 0.6 is 0 Å². The largest absolute Gasteiger partial charge is 0.377 e. The minimum absolute atomic E-state index is 0.0602. The number of carbonyl (C=O) groups excluding carboxylic acids is 1. The van der Waals surface area contributed by atoms with Crippen molar-refractivity contribution in [2.24, 2.45) is 5.73 Å². The summed E-state index contributed by atoms with van der Waals surface area (Å²) in [5.74, 6) is 0.0602. The number of nitrogens with one attached hydrogen (secondary N) is 1. The smallest absolute Gasteiger partial charge is 0.220 e. The first-order chi connectivity index (χ1) is 8.10. The van der Waals surface area contributed by atoms with Gasteiger partial charge in [0.1, 0.15) is 0 Å². The molecule has 0 fully saturated rings. The van der Waals surface area contributed by atoms with E-state index in [4.69, 9.17) is 10.5 Å². The average molecular weight is 245 g/mol. The van der Waals surface area contributed by atoms with E-state index in [-0.39, 0.29) is 12.0 Å². The monoisotopic (exact) mass is 245 g/mol. The van der Waals surface area contributed by atoms with Gasteiger partial charge in [-0.3, -0.25) is 4.79 Å². The van der Waals surface area contributed by atoms with Crippen LogP contribution in [-0.2, 0) is 9.53 Å². The molecule has 3 N–H and O–H groups in total. The number of carbonyl (C=O) groups is 1. The molecule has 0 aromatic rings. The molecule has 1 atom stereocenters. The average Bonchev–Trinajstić information content (AvgIpc) is 2.29. The zero-order valence-corrected chi connectivity index (χ0v) is 11.4. The van der Waals surface area contributed by atoms with Crippen LogP contribution in [0.25, 0.3) is 0 Å². The fraction of sp³-hybridized carbons (Fsp3) is 0.917. The standard InChI is InChI=1S/C12H27N3O2/c1-4-17-11(7-9-15(2)3)10-14-12(16)6-5-8-13/h11H,4-10,13H2,1-3H3,(H,14,16). The Morgan fingerprint density at radius 1 is 1.47 bits per heavy atom. The molecule has 0 aromatic carbocycles. The SMILES string of the molecule is CCOC(CCN(C)C)CNC(=O)CCCN. The van der Waals surface area contributed by atoms with E-state index in [0.29, 0.717) is 26.1 Å². The van der Waals surface area contributed by atoms with Crippen molar-refractivity contribution < 1.29 is 9.53 Å². The molecule has 0 aliphatic carbocycles. The molecule has 0 bridgehead atoms. The number of nitrogens with zero attached hydrogens (tertiary/aromatic N) is 1. The van der Waals surface area contributed by atoms with Crippen LogP contribution in [0.4, 0.5) is 0 Å². The van der Waals surface area contributed by atoms with Gasteiger partial charge in [0.2, 0.25) is 5.91 Å². The van der Waals surface area contributed by atoms with Crippen molar-refractivity contribution in [3.05, 3.63) is 0 Å². The summed E-state index contributed by atoms with van der Waals surface area (Å²) in [4.78, 5) is 13.5. The Morgan fingerprint density at radius 3 is 2.71 bits per heavy atom. The summed E-state index contributed by atoms with van der Waals surface area (Å²) in [6.07, 6.45) is 2.27. The minimum Gasteiger partial charge on any atom is -0.377 e. The molecule has 5 nitrogen and oxygen atoms in total. The van der Waals surface area contributed by atoms with Crippen molar-refractivity contribution >= 4 is 5.91 Å². The van der Waals surface area contributed by atoms with E-state index in [1.165, 1.54) is 0 Å². The van der Waals surface area contributed by atoms with Gasteiger partial charge in [0.05, 0.1) is 6.10 Å². The number of rotatable bonds is 10. The topological polar surface area (TPSA) is 67.6 Å². The maximum Gasteiger partial charge on any atom is 0.220 e. The molecular formula is C12H27N3O2. The molecule has 17 heavy (non-hydrogen) atoms. The Bertz CT molecular complexity index is 198. The van der Waals surface area contributed by atoms with Gasteiger partial charge in [0.25, 0.3) is 0 Å². The lowest BCUT2D eigenvalue weighted by molar-refractivity contribution is -0.121. The predicted octanol–water partition coefficient (Wildman–Crippen LogP) is 0.198. The lowest BCUT2D eigenvalue weighted by Gasteiger charge is -2.19. The highest BCUT2D eigenvalue weighted by molar-refractivity contribution is 5.75. The first-order valence-corrected chi connectivity index (χ1v) is 6.33. The Morgan fingerprint density at radius 2 is 2.18 bits per heavy atom. The molecule has 1 unspecified atom stereocenters. The van der Waals surface area contributed by atoms with Crippen molar-refractivity contribution in [1.29, 1.82) is 0 Å². The van der Waals surface area contributed by atoms with Gasteiger partial charge < -0.3 is 20.7 Å². The molecule has 0 saturated heterocycles. The maximum atomic E-state index is 11.4. The lowest BCUT2D eigenvalue weighted by Crippen LogP contribution is -2.35. The van der Waals surface area contributed by atoms with E-state index >= 15 is 0 Å². The first kappa shape index (κ1) is 16.4. The Balaban J connectivity index is 3.78. The maximum absolute atomic E-state index is 11.4. The normalized spacial score (nSPS) is 12.8. The molecule has 5 heteroatoms. The van der Waals surface area contributed by atoms with Gasteiger partial charge in [-0.15, -0.1) is 0 Å². The Kier molecular flexibility index (Phi) is 10.1.